The fraction of sp³-hybridized carbons (Fsp3) is 0.818. The van der Waals surface area contributed by atoms with Gasteiger partial charge >= 0.3 is 0 Å². The highest BCUT2D eigenvalue weighted by atomic mass is 15.1. The van der Waals surface area contributed by atoms with Gasteiger partial charge in [0.1, 0.15) is 12.0 Å². The molecule has 2 aliphatic rings. The third kappa shape index (κ3) is 4.69. The summed E-state index contributed by atoms with van der Waals surface area (Å²) in [6, 6.07) is 0.192. The van der Waals surface area contributed by atoms with Crippen molar-refractivity contribution in [3.63, 3.8) is 0 Å². The summed E-state index contributed by atoms with van der Waals surface area (Å²) < 4.78 is 0. The first kappa shape index (κ1) is 21.0. The Hall–Kier alpha value is -1.32. The van der Waals surface area contributed by atoms with Crippen molar-refractivity contribution in [1.29, 1.82) is 0 Å². The molecule has 2 heterocycles. The predicted octanol–water partition coefficient (Wildman–Crippen LogP) is 5.61. The zero-order valence-corrected chi connectivity index (χ0v) is 18.3. The SMILES string of the molecule is CCC(C)(C)C1=NC(C(C)CCC(C)(C)C2=NC(C(C)(C)C)C=N2)N=C1. The van der Waals surface area contributed by atoms with Crippen LogP contribution in [0.4, 0.5) is 0 Å². The molecule has 0 aromatic rings. The van der Waals surface area contributed by atoms with Crippen LogP contribution in [0.1, 0.15) is 81.6 Å². The lowest BCUT2D eigenvalue weighted by Crippen LogP contribution is -2.27. The molecule has 0 radical (unpaired) electrons. The van der Waals surface area contributed by atoms with Gasteiger partial charge in [-0.25, -0.2) is 4.99 Å². The van der Waals surface area contributed by atoms with Crippen molar-refractivity contribution >= 4 is 24.0 Å². The van der Waals surface area contributed by atoms with Gasteiger partial charge in [0.25, 0.3) is 0 Å². The molecule has 0 amide bonds. The molecule has 4 nitrogen and oxygen atoms in total. The van der Waals surface area contributed by atoms with E-state index < -0.39 is 0 Å². The summed E-state index contributed by atoms with van der Waals surface area (Å²) in [6.45, 7) is 20.1. The van der Waals surface area contributed by atoms with Gasteiger partial charge in [0.05, 0.1) is 11.8 Å². The van der Waals surface area contributed by atoms with E-state index in [1.54, 1.807) is 0 Å². The van der Waals surface area contributed by atoms with Gasteiger partial charge in [-0.2, -0.15) is 0 Å². The smallest absolute Gasteiger partial charge is 0.142 e. The molecule has 0 saturated carbocycles. The maximum atomic E-state index is 4.91. The van der Waals surface area contributed by atoms with E-state index in [2.05, 4.69) is 72.3 Å². The minimum atomic E-state index is -0.0116. The highest BCUT2D eigenvalue weighted by molar-refractivity contribution is 6.33. The molecule has 0 aliphatic carbocycles. The van der Waals surface area contributed by atoms with Gasteiger partial charge < -0.3 is 0 Å². The lowest BCUT2D eigenvalue weighted by Gasteiger charge is -2.27. The van der Waals surface area contributed by atoms with E-state index >= 15 is 0 Å². The summed E-state index contributed by atoms with van der Waals surface area (Å²) in [4.78, 5) is 19.1. The summed E-state index contributed by atoms with van der Waals surface area (Å²) in [5.41, 5.74) is 1.38. The van der Waals surface area contributed by atoms with Crippen molar-refractivity contribution in [1.82, 2.24) is 0 Å². The van der Waals surface area contributed by atoms with Gasteiger partial charge in [0, 0.05) is 23.3 Å². The fourth-order valence-electron chi connectivity index (χ4n) is 3.12. The van der Waals surface area contributed by atoms with Crippen LogP contribution in [0.3, 0.4) is 0 Å². The quantitative estimate of drug-likeness (QED) is 0.567. The number of hydrogen-bond donors (Lipinski definition) is 0. The first-order valence-corrected chi connectivity index (χ1v) is 10.1. The monoisotopic (exact) mass is 358 g/mol. The lowest BCUT2D eigenvalue weighted by atomic mass is 9.83. The van der Waals surface area contributed by atoms with Crippen LogP contribution >= 0.6 is 0 Å². The van der Waals surface area contributed by atoms with Crippen molar-refractivity contribution in [2.45, 2.75) is 93.8 Å². The van der Waals surface area contributed by atoms with Crippen molar-refractivity contribution < 1.29 is 0 Å². The summed E-state index contributed by atoms with van der Waals surface area (Å²) in [5.74, 6) is 1.43. The molecule has 2 aliphatic heterocycles. The van der Waals surface area contributed by atoms with Gasteiger partial charge in [-0.3, -0.25) is 15.0 Å². The minimum absolute atomic E-state index is 0.0116. The summed E-state index contributed by atoms with van der Waals surface area (Å²) in [6.07, 6.45) is 7.30. The molecular formula is C22H38N4. The van der Waals surface area contributed by atoms with Crippen LogP contribution in [0.5, 0.6) is 0 Å². The van der Waals surface area contributed by atoms with E-state index in [0.717, 1.165) is 30.8 Å². The second-order valence-electron chi connectivity index (χ2n) is 10.4. The highest BCUT2D eigenvalue weighted by Crippen LogP contribution is 2.34. The Morgan fingerprint density at radius 1 is 1.00 bits per heavy atom. The standard InChI is InChI=1S/C22H38N4/c1-10-21(6,7)17-14-23-18(25-17)15(2)11-12-22(8,9)19-24-13-16(26-19)20(3,4)5/h13-16,18H,10-12H2,1-9H3. The van der Waals surface area contributed by atoms with Crippen LogP contribution in [0.2, 0.25) is 0 Å². The molecule has 0 bridgehead atoms. The Kier molecular flexibility index (Phi) is 5.94. The summed E-state index contributed by atoms with van der Waals surface area (Å²) in [7, 11) is 0. The third-order valence-corrected chi connectivity index (χ3v) is 6.02. The Labute approximate surface area is 160 Å². The minimum Gasteiger partial charge on any atom is -0.264 e. The first-order chi connectivity index (χ1) is 11.9. The molecule has 0 spiro atoms. The largest absolute Gasteiger partial charge is 0.264 e. The highest BCUT2D eigenvalue weighted by Gasteiger charge is 2.34. The summed E-state index contributed by atoms with van der Waals surface area (Å²) in [5, 5.41) is 0. The van der Waals surface area contributed by atoms with E-state index in [-0.39, 0.29) is 28.5 Å². The summed E-state index contributed by atoms with van der Waals surface area (Å²) >= 11 is 0. The molecule has 4 heteroatoms. The molecule has 0 aromatic carbocycles. The Morgan fingerprint density at radius 2 is 1.65 bits per heavy atom. The molecule has 0 fully saturated rings. The normalized spacial score (nSPS) is 24.8. The molecule has 26 heavy (non-hydrogen) atoms. The fourth-order valence-corrected chi connectivity index (χ4v) is 3.12. The molecule has 0 saturated heterocycles. The van der Waals surface area contributed by atoms with Gasteiger partial charge in [-0.15, -0.1) is 0 Å². The molecule has 3 unspecified atom stereocenters. The average molecular weight is 359 g/mol. The van der Waals surface area contributed by atoms with E-state index in [1.807, 2.05) is 12.4 Å². The topological polar surface area (TPSA) is 49.4 Å². The van der Waals surface area contributed by atoms with Crippen LogP contribution in [-0.2, 0) is 0 Å². The van der Waals surface area contributed by atoms with Crippen molar-refractivity contribution in [2.24, 2.45) is 42.1 Å². The Morgan fingerprint density at radius 3 is 2.19 bits per heavy atom. The molecule has 3 atom stereocenters. The van der Waals surface area contributed by atoms with Crippen LogP contribution < -0.4 is 0 Å². The zero-order valence-electron chi connectivity index (χ0n) is 18.3. The van der Waals surface area contributed by atoms with E-state index in [9.17, 15) is 0 Å². The third-order valence-electron chi connectivity index (χ3n) is 6.02. The molecular weight excluding hydrogens is 320 g/mol. The maximum Gasteiger partial charge on any atom is 0.142 e. The average Bonchev–Trinajstić information content (AvgIpc) is 3.21. The lowest BCUT2D eigenvalue weighted by molar-refractivity contribution is 0.356. The Balaban J connectivity index is 1.97. The number of nitrogens with zero attached hydrogens (tertiary/aromatic N) is 4. The van der Waals surface area contributed by atoms with Gasteiger partial charge in [-0.1, -0.05) is 62.3 Å². The number of amidine groups is 1. The van der Waals surface area contributed by atoms with Crippen LogP contribution in [0.15, 0.2) is 20.0 Å². The van der Waals surface area contributed by atoms with Crippen molar-refractivity contribution in [3.05, 3.63) is 0 Å². The molecule has 0 aromatic heterocycles. The van der Waals surface area contributed by atoms with Gasteiger partial charge in [-0.05, 0) is 30.6 Å². The molecule has 146 valence electrons. The van der Waals surface area contributed by atoms with E-state index in [0.29, 0.717) is 5.92 Å². The molecule has 2 rings (SSSR count). The van der Waals surface area contributed by atoms with E-state index in [4.69, 9.17) is 9.98 Å². The second-order valence-corrected chi connectivity index (χ2v) is 10.4. The first-order valence-electron chi connectivity index (χ1n) is 10.1. The number of hydrogen-bond acceptors (Lipinski definition) is 4. The van der Waals surface area contributed by atoms with Crippen LogP contribution in [0.25, 0.3) is 0 Å². The van der Waals surface area contributed by atoms with Gasteiger partial charge in [0.15, 0.2) is 0 Å². The van der Waals surface area contributed by atoms with Gasteiger partial charge in [0.2, 0.25) is 0 Å². The Bertz CT molecular complexity index is 629. The maximum absolute atomic E-state index is 4.91. The van der Waals surface area contributed by atoms with Crippen molar-refractivity contribution in [2.75, 3.05) is 0 Å². The van der Waals surface area contributed by atoms with Crippen LogP contribution in [-0.4, -0.2) is 36.2 Å². The predicted molar refractivity (Wildman–Crippen MR) is 115 cm³/mol. The van der Waals surface area contributed by atoms with Crippen molar-refractivity contribution in [3.8, 4) is 0 Å². The van der Waals surface area contributed by atoms with Crippen LogP contribution in [0, 0.1) is 22.2 Å². The zero-order chi connectivity index (χ0) is 19.8. The second kappa shape index (κ2) is 7.36. The number of rotatable bonds is 7. The van der Waals surface area contributed by atoms with E-state index in [1.165, 1.54) is 0 Å². The molecule has 0 N–H and O–H groups in total. The number of aliphatic imine (C=N–C) groups is 4.